The van der Waals surface area contributed by atoms with Crippen molar-refractivity contribution < 1.29 is 32.6 Å². The predicted octanol–water partition coefficient (Wildman–Crippen LogP) is 0.748. The van der Waals surface area contributed by atoms with E-state index in [1.54, 1.807) is 0 Å². The summed E-state index contributed by atoms with van der Waals surface area (Å²) in [5, 5.41) is 17.2. The molecule has 0 saturated heterocycles. The molecule has 1 aromatic carbocycles. The van der Waals surface area contributed by atoms with Crippen LogP contribution < -0.4 is 0 Å². The van der Waals surface area contributed by atoms with Crippen molar-refractivity contribution in [3.05, 3.63) is 28.5 Å². The second-order valence-electron chi connectivity index (χ2n) is 3.64. The summed E-state index contributed by atoms with van der Waals surface area (Å²) in [4.78, 5) is 20.4. The van der Waals surface area contributed by atoms with Gasteiger partial charge in [0.1, 0.15) is 23.8 Å². The van der Waals surface area contributed by atoms with Crippen LogP contribution in [0.2, 0.25) is 0 Å². The number of hydrogen-bond donors (Lipinski definition) is 2. The molecule has 0 aliphatic rings. The molecule has 0 aliphatic carbocycles. The fourth-order valence-electron chi connectivity index (χ4n) is 1.35. The summed E-state index contributed by atoms with van der Waals surface area (Å²) >= 11 is 2.94. The van der Waals surface area contributed by atoms with Crippen LogP contribution in [-0.2, 0) is 19.6 Å². The standard InChI is InChI=1S/C10H9BrFNO6S/c11-6-1-2-8(7(12)3-6)20(18,19)13(4-9(14)15)5-10(16)17/h1-3H,4-5H2,(H,14,15)(H,16,17). The van der Waals surface area contributed by atoms with Crippen LogP contribution in [0.15, 0.2) is 27.6 Å². The number of hydrogen-bond acceptors (Lipinski definition) is 4. The van der Waals surface area contributed by atoms with Gasteiger partial charge in [0.05, 0.1) is 0 Å². The van der Waals surface area contributed by atoms with Crippen molar-refractivity contribution in [2.75, 3.05) is 13.1 Å². The first-order valence-corrected chi connectivity index (χ1v) is 7.26. The maximum atomic E-state index is 13.7. The van der Waals surface area contributed by atoms with E-state index < -0.39 is 45.8 Å². The summed E-state index contributed by atoms with van der Waals surface area (Å²) < 4.78 is 38.3. The lowest BCUT2D eigenvalue weighted by Gasteiger charge is -2.18. The van der Waals surface area contributed by atoms with Crippen LogP contribution in [0, 0.1) is 5.82 Å². The van der Waals surface area contributed by atoms with Gasteiger partial charge >= 0.3 is 11.9 Å². The largest absolute Gasteiger partial charge is 0.480 e. The average molecular weight is 370 g/mol. The first kappa shape index (κ1) is 16.5. The van der Waals surface area contributed by atoms with Gasteiger partial charge in [-0.05, 0) is 18.2 Å². The molecule has 0 fully saturated rings. The molecular formula is C10H9BrFNO6S. The van der Waals surface area contributed by atoms with Crippen molar-refractivity contribution in [1.29, 1.82) is 0 Å². The fourth-order valence-corrected chi connectivity index (χ4v) is 3.07. The Bertz CT molecular complexity index is 631. The Labute approximate surface area is 121 Å². The SMILES string of the molecule is O=C(O)CN(CC(=O)O)S(=O)(=O)c1ccc(Br)cc1F. The van der Waals surface area contributed by atoms with Gasteiger partial charge in [0, 0.05) is 4.47 Å². The van der Waals surface area contributed by atoms with Crippen molar-refractivity contribution in [3.8, 4) is 0 Å². The van der Waals surface area contributed by atoms with Crippen molar-refractivity contribution in [2.24, 2.45) is 0 Å². The van der Waals surface area contributed by atoms with Crippen LogP contribution >= 0.6 is 15.9 Å². The molecule has 0 aliphatic heterocycles. The zero-order chi connectivity index (χ0) is 15.5. The van der Waals surface area contributed by atoms with E-state index in [2.05, 4.69) is 15.9 Å². The van der Waals surface area contributed by atoms with Gasteiger partial charge in [0.15, 0.2) is 0 Å². The van der Waals surface area contributed by atoms with Crippen LogP contribution in [0.3, 0.4) is 0 Å². The maximum Gasteiger partial charge on any atom is 0.318 e. The van der Waals surface area contributed by atoms with E-state index >= 15 is 0 Å². The topological polar surface area (TPSA) is 112 Å². The molecule has 0 atom stereocenters. The minimum absolute atomic E-state index is 0.171. The third kappa shape index (κ3) is 3.99. The van der Waals surface area contributed by atoms with Crippen molar-refractivity contribution >= 4 is 37.9 Å². The molecule has 1 aromatic rings. The molecule has 0 bridgehead atoms. The lowest BCUT2D eigenvalue weighted by atomic mass is 10.3. The maximum absolute atomic E-state index is 13.7. The molecular weight excluding hydrogens is 361 g/mol. The van der Waals surface area contributed by atoms with Crippen LogP contribution in [0.25, 0.3) is 0 Å². The number of carboxylic acids is 2. The molecule has 20 heavy (non-hydrogen) atoms. The average Bonchev–Trinajstić information content (AvgIpc) is 2.26. The van der Waals surface area contributed by atoms with Crippen LogP contribution in [-0.4, -0.2) is 48.0 Å². The first-order chi connectivity index (χ1) is 9.14. The molecule has 0 radical (unpaired) electrons. The lowest BCUT2D eigenvalue weighted by Crippen LogP contribution is -2.39. The number of sulfonamides is 1. The Hall–Kier alpha value is -1.52. The number of rotatable bonds is 6. The summed E-state index contributed by atoms with van der Waals surface area (Å²) in [6, 6.07) is 3.05. The number of carboxylic acid groups (broad SMARTS) is 2. The van der Waals surface area contributed by atoms with Gasteiger partial charge in [0.2, 0.25) is 10.0 Å². The van der Waals surface area contributed by atoms with Crippen LogP contribution in [0.4, 0.5) is 4.39 Å². The second kappa shape index (κ2) is 6.29. The number of benzene rings is 1. The molecule has 0 saturated carbocycles. The van der Waals surface area contributed by atoms with Crippen LogP contribution in [0.1, 0.15) is 0 Å². The third-order valence-corrected chi connectivity index (χ3v) is 4.45. The highest BCUT2D eigenvalue weighted by molar-refractivity contribution is 9.10. The smallest absolute Gasteiger partial charge is 0.318 e. The Morgan fingerprint density at radius 3 is 2.10 bits per heavy atom. The quantitative estimate of drug-likeness (QED) is 0.764. The summed E-state index contributed by atoms with van der Waals surface area (Å²) in [6.45, 7) is -2.16. The highest BCUT2D eigenvalue weighted by Gasteiger charge is 2.30. The van der Waals surface area contributed by atoms with Gasteiger partial charge in [-0.3, -0.25) is 9.59 Å². The van der Waals surface area contributed by atoms with E-state index in [0.717, 1.165) is 12.1 Å². The number of halogens is 2. The molecule has 0 spiro atoms. The summed E-state index contributed by atoms with van der Waals surface area (Å²) in [5.74, 6) is -4.21. The Morgan fingerprint density at radius 2 is 1.70 bits per heavy atom. The number of nitrogens with zero attached hydrogens (tertiary/aromatic N) is 1. The van der Waals surface area contributed by atoms with Crippen LogP contribution in [0.5, 0.6) is 0 Å². The molecule has 0 aromatic heterocycles. The van der Waals surface area contributed by atoms with E-state index in [1.165, 1.54) is 6.07 Å². The summed E-state index contributed by atoms with van der Waals surface area (Å²) in [6.07, 6.45) is 0. The summed E-state index contributed by atoms with van der Waals surface area (Å²) in [7, 11) is -4.56. The molecule has 0 heterocycles. The summed E-state index contributed by atoms with van der Waals surface area (Å²) in [5.41, 5.74) is 0. The fraction of sp³-hybridized carbons (Fsp3) is 0.200. The number of aliphatic carboxylic acids is 2. The minimum atomic E-state index is -4.56. The highest BCUT2D eigenvalue weighted by atomic mass is 79.9. The molecule has 2 N–H and O–H groups in total. The van der Waals surface area contributed by atoms with E-state index in [4.69, 9.17) is 10.2 Å². The minimum Gasteiger partial charge on any atom is -0.480 e. The highest BCUT2D eigenvalue weighted by Crippen LogP contribution is 2.22. The van der Waals surface area contributed by atoms with E-state index in [-0.39, 0.29) is 8.78 Å². The van der Waals surface area contributed by atoms with Gasteiger partial charge < -0.3 is 10.2 Å². The normalized spacial score (nSPS) is 11.6. The Morgan fingerprint density at radius 1 is 1.20 bits per heavy atom. The van der Waals surface area contributed by atoms with Gasteiger partial charge in [-0.25, -0.2) is 12.8 Å². The van der Waals surface area contributed by atoms with Crippen molar-refractivity contribution in [2.45, 2.75) is 4.90 Å². The zero-order valence-corrected chi connectivity index (χ0v) is 12.2. The first-order valence-electron chi connectivity index (χ1n) is 5.03. The Kier molecular flexibility index (Phi) is 5.20. The third-order valence-electron chi connectivity index (χ3n) is 2.13. The van der Waals surface area contributed by atoms with Gasteiger partial charge in [0.25, 0.3) is 0 Å². The predicted molar refractivity (Wildman–Crippen MR) is 68.1 cm³/mol. The van der Waals surface area contributed by atoms with E-state index in [0.29, 0.717) is 0 Å². The van der Waals surface area contributed by atoms with Gasteiger partial charge in [-0.1, -0.05) is 15.9 Å². The second-order valence-corrected chi connectivity index (χ2v) is 6.46. The molecule has 110 valence electrons. The molecule has 0 amide bonds. The van der Waals surface area contributed by atoms with Gasteiger partial charge in [-0.2, -0.15) is 4.31 Å². The molecule has 0 unspecified atom stereocenters. The number of carbonyl (C=O) groups is 2. The molecule has 7 nitrogen and oxygen atoms in total. The molecule has 1 rings (SSSR count). The van der Waals surface area contributed by atoms with E-state index in [1.807, 2.05) is 0 Å². The van der Waals surface area contributed by atoms with Crippen molar-refractivity contribution in [3.63, 3.8) is 0 Å². The monoisotopic (exact) mass is 369 g/mol. The van der Waals surface area contributed by atoms with Crippen molar-refractivity contribution in [1.82, 2.24) is 4.31 Å². The van der Waals surface area contributed by atoms with Gasteiger partial charge in [-0.15, -0.1) is 0 Å². The molecule has 10 heteroatoms. The Balaban J connectivity index is 3.28. The zero-order valence-electron chi connectivity index (χ0n) is 9.79. The lowest BCUT2D eigenvalue weighted by molar-refractivity contribution is -0.139. The van der Waals surface area contributed by atoms with E-state index in [9.17, 15) is 22.4 Å².